The van der Waals surface area contributed by atoms with E-state index in [0.717, 1.165) is 17.7 Å². The quantitative estimate of drug-likeness (QED) is 0.624. The molecule has 2 unspecified atom stereocenters. The Morgan fingerprint density at radius 3 is 2.40 bits per heavy atom. The lowest BCUT2D eigenvalue weighted by Gasteiger charge is -2.29. The van der Waals surface area contributed by atoms with Crippen LogP contribution < -0.4 is 0 Å². The van der Waals surface area contributed by atoms with Gasteiger partial charge in [0, 0.05) is 18.3 Å². The number of thiol groups is 1. The second kappa shape index (κ2) is 9.86. The van der Waals surface area contributed by atoms with Gasteiger partial charge in [0.25, 0.3) is 0 Å². The van der Waals surface area contributed by atoms with Crippen LogP contribution in [0.4, 0.5) is 0 Å². The molecule has 0 saturated heterocycles. The zero-order chi connectivity index (χ0) is 11.7. The maximum absolute atomic E-state index is 4.44. The van der Waals surface area contributed by atoms with E-state index in [2.05, 4.69) is 44.7 Å². The molecule has 0 aromatic heterocycles. The Morgan fingerprint density at radius 2 is 2.00 bits per heavy atom. The summed E-state index contributed by atoms with van der Waals surface area (Å²) in [6, 6.07) is 0.735. The number of rotatable bonds is 9. The van der Waals surface area contributed by atoms with E-state index >= 15 is 0 Å². The first-order valence-electron chi connectivity index (χ1n) is 5.99. The molecular weight excluding hydrogens is 222 g/mol. The molecule has 0 saturated carbocycles. The van der Waals surface area contributed by atoms with Crippen molar-refractivity contribution < 1.29 is 0 Å². The molecule has 2 atom stereocenters. The van der Waals surface area contributed by atoms with E-state index in [1.54, 1.807) is 0 Å². The summed E-state index contributed by atoms with van der Waals surface area (Å²) in [5, 5.41) is 0. The van der Waals surface area contributed by atoms with Crippen LogP contribution >= 0.6 is 24.4 Å². The molecule has 0 aromatic carbocycles. The van der Waals surface area contributed by atoms with Crippen LogP contribution in [0.2, 0.25) is 0 Å². The van der Waals surface area contributed by atoms with Gasteiger partial charge in [0.1, 0.15) is 0 Å². The SMILES string of the molecule is CCCC(CS)CN(C)C(CC)CSC. The lowest BCUT2D eigenvalue weighted by Crippen LogP contribution is -2.37. The van der Waals surface area contributed by atoms with Crippen LogP contribution in [0, 0.1) is 5.92 Å². The van der Waals surface area contributed by atoms with E-state index in [4.69, 9.17) is 0 Å². The van der Waals surface area contributed by atoms with Crippen molar-refractivity contribution >= 4 is 24.4 Å². The smallest absolute Gasteiger partial charge is 0.0180 e. The minimum atomic E-state index is 0.735. The molecule has 0 aliphatic carbocycles. The fourth-order valence-corrected chi connectivity index (χ4v) is 3.13. The lowest BCUT2D eigenvalue weighted by atomic mass is 10.0. The summed E-state index contributed by atoms with van der Waals surface area (Å²) >= 11 is 6.39. The molecule has 1 nitrogen and oxygen atoms in total. The normalized spacial score (nSPS) is 15.6. The van der Waals surface area contributed by atoms with Crippen LogP contribution in [0.25, 0.3) is 0 Å². The Labute approximate surface area is 106 Å². The molecule has 0 bridgehead atoms. The molecule has 92 valence electrons. The van der Waals surface area contributed by atoms with Crippen molar-refractivity contribution in [3.05, 3.63) is 0 Å². The van der Waals surface area contributed by atoms with Crippen LogP contribution in [0.1, 0.15) is 33.1 Å². The predicted octanol–water partition coefficient (Wildman–Crippen LogP) is 3.41. The molecule has 0 spiro atoms. The zero-order valence-electron chi connectivity index (χ0n) is 10.7. The topological polar surface area (TPSA) is 3.24 Å². The maximum Gasteiger partial charge on any atom is 0.0180 e. The second-order valence-corrected chi connectivity index (χ2v) is 5.57. The molecule has 15 heavy (non-hydrogen) atoms. The van der Waals surface area contributed by atoms with Crippen molar-refractivity contribution in [2.24, 2.45) is 5.92 Å². The van der Waals surface area contributed by atoms with E-state index in [1.165, 1.54) is 31.6 Å². The van der Waals surface area contributed by atoms with Crippen molar-refractivity contribution in [1.82, 2.24) is 4.90 Å². The highest BCUT2D eigenvalue weighted by molar-refractivity contribution is 7.98. The summed E-state index contributed by atoms with van der Waals surface area (Å²) in [7, 11) is 2.26. The third kappa shape index (κ3) is 6.75. The number of hydrogen-bond donors (Lipinski definition) is 1. The van der Waals surface area contributed by atoms with Gasteiger partial charge >= 0.3 is 0 Å². The van der Waals surface area contributed by atoms with Gasteiger partial charge in [0.2, 0.25) is 0 Å². The highest BCUT2D eigenvalue weighted by atomic mass is 32.2. The summed E-state index contributed by atoms with van der Waals surface area (Å²) in [4.78, 5) is 2.52. The molecule has 3 heteroatoms. The molecule has 0 aliphatic heterocycles. The first-order chi connectivity index (χ1) is 7.19. The monoisotopic (exact) mass is 249 g/mol. The van der Waals surface area contributed by atoms with Crippen molar-refractivity contribution in [2.45, 2.75) is 39.2 Å². The molecule has 0 aliphatic rings. The van der Waals surface area contributed by atoms with E-state index in [1.807, 2.05) is 11.8 Å². The van der Waals surface area contributed by atoms with Gasteiger partial charge in [0.15, 0.2) is 0 Å². The number of hydrogen-bond acceptors (Lipinski definition) is 3. The fourth-order valence-electron chi connectivity index (χ4n) is 1.95. The molecule has 0 heterocycles. The lowest BCUT2D eigenvalue weighted by molar-refractivity contribution is 0.219. The van der Waals surface area contributed by atoms with Gasteiger partial charge in [-0.3, -0.25) is 0 Å². The standard InChI is InChI=1S/C12H27NS2/c1-5-7-11(9-14)8-13(3)12(6-2)10-15-4/h11-12,14H,5-10H2,1-4H3. The summed E-state index contributed by atoms with van der Waals surface area (Å²) < 4.78 is 0. The van der Waals surface area contributed by atoms with E-state index < -0.39 is 0 Å². The summed E-state index contributed by atoms with van der Waals surface area (Å²) in [6.07, 6.45) is 6.03. The Hall–Kier alpha value is 0.660. The largest absolute Gasteiger partial charge is 0.302 e. The third-order valence-corrected chi connectivity index (χ3v) is 4.19. The van der Waals surface area contributed by atoms with Crippen LogP contribution in [0.5, 0.6) is 0 Å². The van der Waals surface area contributed by atoms with E-state index in [9.17, 15) is 0 Å². The highest BCUT2D eigenvalue weighted by Crippen LogP contribution is 2.14. The van der Waals surface area contributed by atoms with Crippen molar-refractivity contribution in [2.75, 3.05) is 31.4 Å². The van der Waals surface area contributed by atoms with Crippen LogP contribution in [-0.4, -0.2) is 42.3 Å². The van der Waals surface area contributed by atoms with E-state index in [0.29, 0.717) is 0 Å². The molecule has 0 amide bonds. The van der Waals surface area contributed by atoms with Gasteiger partial charge in [-0.15, -0.1) is 0 Å². The van der Waals surface area contributed by atoms with Crippen molar-refractivity contribution in [1.29, 1.82) is 0 Å². The second-order valence-electron chi connectivity index (χ2n) is 4.29. The van der Waals surface area contributed by atoms with E-state index in [-0.39, 0.29) is 0 Å². The Kier molecular flexibility index (Phi) is 10.3. The van der Waals surface area contributed by atoms with Crippen molar-refractivity contribution in [3.8, 4) is 0 Å². The molecule has 0 N–H and O–H groups in total. The molecule has 0 aromatic rings. The Balaban J connectivity index is 3.99. The van der Waals surface area contributed by atoms with Gasteiger partial charge in [-0.05, 0) is 37.8 Å². The minimum Gasteiger partial charge on any atom is -0.302 e. The number of thioether (sulfide) groups is 1. The van der Waals surface area contributed by atoms with Crippen molar-refractivity contribution in [3.63, 3.8) is 0 Å². The predicted molar refractivity (Wildman–Crippen MR) is 77.3 cm³/mol. The highest BCUT2D eigenvalue weighted by Gasteiger charge is 2.15. The fraction of sp³-hybridized carbons (Fsp3) is 1.00. The first kappa shape index (κ1) is 15.7. The van der Waals surface area contributed by atoms with Crippen LogP contribution in [0.15, 0.2) is 0 Å². The zero-order valence-corrected chi connectivity index (χ0v) is 12.4. The Morgan fingerprint density at radius 1 is 1.33 bits per heavy atom. The molecule has 0 radical (unpaired) electrons. The number of nitrogens with zero attached hydrogens (tertiary/aromatic N) is 1. The first-order valence-corrected chi connectivity index (χ1v) is 8.02. The Bertz CT molecular complexity index is 142. The summed E-state index contributed by atoms with van der Waals surface area (Å²) in [5.41, 5.74) is 0. The maximum atomic E-state index is 4.44. The van der Waals surface area contributed by atoms with Gasteiger partial charge in [-0.1, -0.05) is 20.3 Å². The van der Waals surface area contributed by atoms with Gasteiger partial charge in [-0.25, -0.2) is 0 Å². The average molecular weight is 249 g/mol. The summed E-state index contributed by atoms with van der Waals surface area (Å²) in [5.74, 6) is 3.03. The minimum absolute atomic E-state index is 0.735. The summed E-state index contributed by atoms with van der Waals surface area (Å²) in [6.45, 7) is 5.75. The average Bonchev–Trinajstić information content (AvgIpc) is 2.24. The molecule has 0 rings (SSSR count). The van der Waals surface area contributed by atoms with Crippen LogP contribution in [0.3, 0.4) is 0 Å². The third-order valence-electron chi connectivity index (χ3n) is 2.95. The molecule has 0 fully saturated rings. The molecular formula is C12H27NS2. The van der Waals surface area contributed by atoms with Gasteiger partial charge < -0.3 is 4.90 Å². The van der Waals surface area contributed by atoms with Gasteiger partial charge in [0.05, 0.1) is 0 Å². The van der Waals surface area contributed by atoms with Gasteiger partial charge in [-0.2, -0.15) is 24.4 Å². The van der Waals surface area contributed by atoms with Crippen LogP contribution in [-0.2, 0) is 0 Å².